The number of methoxy groups -OCH3 is 1. The molecule has 0 fully saturated rings. The average Bonchev–Trinajstić information content (AvgIpc) is 2.62. The third kappa shape index (κ3) is 5.54. The summed E-state index contributed by atoms with van der Waals surface area (Å²) in [5.41, 5.74) is 0.934. The van der Waals surface area contributed by atoms with Crippen molar-refractivity contribution in [1.82, 2.24) is 5.32 Å². The Kier molecular flexibility index (Phi) is 6.66. The van der Waals surface area contributed by atoms with Crippen LogP contribution >= 0.6 is 0 Å². The minimum Gasteiger partial charge on any atom is -0.497 e. The largest absolute Gasteiger partial charge is 0.497 e. The molecule has 0 aromatic heterocycles. The SMILES string of the molecule is COc1ccc(CC[C@H](C)NC(=O)Cc2ccc([N+](=O)[O-])cc2F)cc1. The molecule has 0 spiro atoms. The summed E-state index contributed by atoms with van der Waals surface area (Å²) in [6, 6.07) is 10.9. The van der Waals surface area contributed by atoms with Gasteiger partial charge in [-0.25, -0.2) is 4.39 Å². The van der Waals surface area contributed by atoms with E-state index in [-0.39, 0.29) is 29.6 Å². The van der Waals surface area contributed by atoms with Crippen LogP contribution in [-0.4, -0.2) is 24.0 Å². The first-order valence-corrected chi connectivity index (χ1v) is 8.24. The summed E-state index contributed by atoms with van der Waals surface area (Å²) in [5, 5.41) is 13.4. The summed E-state index contributed by atoms with van der Waals surface area (Å²) in [5.74, 6) is -0.277. The highest BCUT2D eigenvalue weighted by atomic mass is 19.1. The molecule has 0 aliphatic heterocycles. The molecule has 0 saturated heterocycles. The molecule has 26 heavy (non-hydrogen) atoms. The van der Waals surface area contributed by atoms with Crippen molar-refractivity contribution >= 4 is 11.6 Å². The predicted octanol–water partition coefficient (Wildman–Crippen LogP) is 3.42. The molecule has 0 aliphatic carbocycles. The molecule has 0 saturated carbocycles. The van der Waals surface area contributed by atoms with Gasteiger partial charge in [0.25, 0.3) is 5.69 Å². The number of halogens is 1. The minimum atomic E-state index is -0.750. The van der Waals surface area contributed by atoms with Crippen molar-refractivity contribution in [2.24, 2.45) is 0 Å². The molecule has 1 amide bonds. The van der Waals surface area contributed by atoms with E-state index in [1.165, 1.54) is 12.1 Å². The second-order valence-corrected chi connectivity index (χ2v) is 6.06. The number of carbonyl (C=O) groups is 1. The molecule has 6 nitrogen and oxygen atoms in total. The molecule has 138 valence electrons. The van der Waals surface area contributed by atoms with Gasteiger partial charge in [0.15, 0.2) is 0 Å². The molecule has 7 heteroatoms. The van der Waals surface area contributed by atoms with Gasteiger partial charge in [-0.05, 0) is 49.1 Å². The fourth-order valence-corrected chi connectivity index (χ4v) is 2.54. The van der Waals surface area contributed by atoms with Crippen LogP contribution in [0, 0.1) is 15.9 Å². The number of hydrogen-bond donors (Lipinski definition) is 1. The van der Waals surface area contributed by atoms with Gasteiger partial charge in [-0.3, -0.25) is 14.9 Å². The Hall–Kier alpha value is -2.96. The standard InChI is InChI=1S/C19H21FN2O4/c1-13(3-4-14-5-9-17(26-2)10-6-14)21-19(23)11-15-7-8-16(22(24)25)12-18(15)20/h5-10,12-13H,3-4,11H2,1-2H3,(H,21,23)/t13-/m0/s1. The van der Waals surface area contributed by atoms with Gasteiger partial charge in [0, 0.05) is 12.1 Å². The van der Waals surface area contributed by atoms with Crippen LogP contribution in [-0.2, 0) is 17.6 Å². The van der Waals surface area contributed by atoms with Crippen LogP contribution in [0.15, 0.2) is 42.5 Å². The number of nitrogens with zero attached hydrogens (tertiary/aromatic N) is 1. The second-order valence-electron chi connectivity index (χ2n) is 6.06. The van der Waals surface area contributed by atoms with E-state index >= 15 is 0 Å². The van der Waals surface area contributed by atoms with Gasteiger partial charge in [-0.15, -0.1) is 0 Å². The Morgan fingerprint density at radius 3 is 2.54 bits per heavy atom. The zero-order valence-electron chi connectivity index (χ0n) is 14.7. The number of nitrogens with one attached hydrogen (secondary N) is 1. The molecule has 0 unspecified atom stereocenters. The number of non-ortho nitro benzene ring substituents is 1. The molecule has 2 aromatic carbocycles. The van der Waals surface area contributed by atoms with Crippen molar-refractivity contribution in [2.45, 2.75) is 32.2 Å². The fourth-order valence-electron chi connectivity index (χ4n) is 2.54. The number of hydrogen-bond acceptors (Lipinski definition) is 4. The summed E-state index contributed by atoms with van der Waals surface area (Å²) in [7, 11) is 1.61. The predicted molar refractivity (Wildman–Crippen MR) is 95.7 cm³/mol. The second kappa shape index (κ2) is 8.94. The van der Waals surface area contributed by atoms with Gasteiger partial charge < -0.3 is 10.1 Å². The van der Waals surface area contributed by atoms with E-state index in [2.05, 4.69) is 5.32 Å². The van der Waals surface area contributed by atoms with E-state index in [1.807, 2.05) is 31.2 Å². The summed E-state index contributed by atoms with van der Waals surface area (Å²) >= 11 is 0. The smallest absolute Gasteiger partial charge is 0.272 e. The number of aryl methyl sites for hydroxylation is 1. The zero-order chi connectivity index (χ0) is 19.1. The quantitative estimate of drug-likeness (QED) is 0.578. The number of amides is 1. The van der Waals surface area contributed by atoms with Gasteiger partial charge in [0.1, 0.15) is 11.6 Å². The molecule has 0 bridgehead atoms. The zero-order valence-corrected chi connectivity index (χ0v) is 14.7. The summed E-state index contributed by atoms with van der Waals surface area (Å²) in [6.07, 6.45) is 1.37. The molecular weight excluding hydrogens is 339 g/mol. The lowest BCUT2D eigenvalue weighted by Gasteiger charge is -2.14. The van der Waals surface area contributed by atoms with Gasteiger partial charge in [-0.1, -0.05) is 12.1 Å². The van der Waals surface area contributed by atoms with Crippen molar-refractivity contribution in [1.29, 1.82) is 0 Å². The van der Waals surface area contributed by atoms with E-state index in [4.69, 9.17) is 4.74 Å². The molecule has 1 N–H and O–H groups in total. The topological polar surface area (TPSA) is 81.5 Å². The van der Waals surface area contributed by atoms with E-state index in [9.17, 15) is 19.3 Å². The maximum absolute atomic E-state index is 13.8. The highest BCUT2D eigenvalue weighted by Crippen LogP contribution is 2.17. The lowest BCUT2D eigenvalue weighted by Crippen LogP contribution is -2.34. The van der Waals surface area contributed by atoms with Gasteiger partial charge in [0.2, 0.25) is 5.91 Å². The minimum absolute atomic E-state index is 0.0780. The number of nitro groups is 1. The van der Waals surface area contributed by atoms with Crippen LogP contribution in [0.3, 0.4) is 0 Å². The molecule has 1 atom stereocenters. The number of ether oxygens (including phenoxy) is 1. The molecule has 0 heterocycles. The number of benzene rings is 2. The fraction of sp³-hybridized carbons (Fsp3) is 0.316. The van der Waals surface area contributed by atoms with Gasteiger partial charge >= 0.3 is 0 Å². The average molecular weight is 360 g/mol. The van der Waals surface area contributed by atoms with Crippen molar-refractivity contribution < 1.29 is 18.8 Å². The molecule has 2 rings (SSSR count). The van der Waals surface area contributed by atoms with Crippen molar-refractivity contribution in [3.8, 4) is 5.75 Å². The van der Waals surface area contributed by atoms with Crippen molar-refractivity contribution in [3.63, 3.8) is 0 Å². The number of carbonyl (C=O) groups excluding carboxylic acids is 1. The summed E-state index contributed by atoms with van der Waals surface area (Å²) in [6.45, 7) is 1.88. The Labute approximate surface area is 151 Å². The van der Waals surface area contributed by atoms with E-state index in [1.54, 1.807) is 7.11 Å². The van der Waals surface area contributed by atoms with Gasteiger partial charge in [-0.2, -0.15) is 0 Å². The maximum Gasteiger partial charge on any atom is 0.272 e. The van der Waals surface area contributed by atoms with Crippen LogP contribution < -0.4 is 10.1 Å². The summed E-state index contributed by atoms with van der Waals surface area (Å²) in [4.78, 5) is 22.0. The van der Waals surface area contributed by atoms with E-state index < -0.39 is 10.7 Å². The number of rotatable bonds is 8. The van der Waals surface area contributed by atoms with E-state index in [0.717, 1.165) is 30.2 Å². The lowest BCUT2D eigenvalue weighted by molar-refractivity contribution is -0.385. The maximum atomic E-state index is 13.8. The highest BCUT2D eigenvalue weighted by Gasteiger charge is 2.14. The normalized spacial score (nSPS) is 11.7. The van der Waals surface area contributed by atoms with Crippen LogP contribution in [0.25, 0.3) is 0 Å². The van der Waals surface area contributed by atoms with E-state index in [0.29, 0.717) is 0 Å². The molecular formula is C19H21FN2O4. The molecule has 0 radical (unpaired) electrons. The summed E-state index contributed by atoms with van der Waals surface area (Å²) < 4.78 is 19.0. The van der Waals surface area contributed by atoms with Crippen molar-refractivity contribution in [2.75, 3.05) is 7.11 Å². The Balaban J connectivity index is 1.83. The molecule has 0 aliphatic rings. The monoisotopic (exact) mass is 360 g/mol. The van der Waals surface area contributed by atoms with Crippen molar-refractivity contribution in [3.05, 3.63) is 69.5 Å². The molecule has 2 aromatic rings. The van der Waals surface area contributed by atoms with Crippen LogP contribution in [0.5, 0.6) is 5.75 Å². The Bertz CT molecular complexity index is 778. The Morgan fingerprint density at radius 2 is 1.96 bits per heavy atom. The lowest BCUT2D eigenvalue weighted by atomic mass is 10.1. The third-order valence-electron chi connectivity index (χ3n) is 4.03. The van der Waals surface area contributed by atoms with Crippen LogP contribution in [0.4, 0.5) is 10.1 Å². The first-order chi connectivity index (χ1) is 12.4. The number of nitro benzene ring substituents is 1. The van der Waals surface area contributed by atoms with Gasteiger partial charge in [0.05, 0.1) is 24.5 Å². The third-order valence-corrected chi connectivity index (χ3v) is 4.03. The highest BCUT2D eigenvalue weighted by molar-refractivity contribution is 5.79. The van der Waals surface area contributed by atoms with Crippen LogP contribution in [0.2, 0.25) is 0 Å². The first kappa shape index (κ1) is 19.4. The first-order valence-electron chi connectivity index (χ1n) is 8.24. The van der Waals surface area contributed by atoms with Crippen LogP contribution in [0.1, 0.15) is 24.5 Å². The Morgan fingerprint density at radius 1 is 1.27 bits per heavy atom.